The summed E-state index contributed by atoms with van der Waals surface area (Å²) in [5, 5.41) is 8.12. The van der Waals surface area contributed by atoms with E-state index in [1.807, 2.05) is 13.0 Å². The molecule has 106 valence electrons. The van der Waals surface area contributed by atoms with Gasteiger partial charge in [0.15, 0.2) is 11.6 Å². The Kier molecular flexibility index (Phi) is 2.84. The van der Waals surface area contributed by atoms with E-state index >= 15 is 0 Å². The molecule has 0 radical (unpaired) electrons. The molecule has 6 nitrogen and oxygen atoms in total. The van der Waals surface area contributed by atoms with E-state index in [2.05, 4.69) is 20.2 Å². The SMILES string of the molecule is Cc1cc(CN2CCC[C@H]2c2noc(C3CC3)n2)on1. The number of hydrogen-bond acceptors (Lipinski definition) is 6. The van der Waals surface area contributed by atoms with Crippen LogP contribution in [0.3, 0.4) is 0 Å². The third-order valence-corrected chi connectivity index (χ3v) is 4.08. The van der Waals surface area contributed by atoms with Gasteiger partial charge in [0.05, 0.1) is 18.3 Å². The molecule has 1 aliphatic heterocycles. The number of nitrogens with zero attached hydrogens (tertiary/aromatic N) is 4. The Hall–Kier alpha value is -1.69. The van der Waals surface area contributed by atoms with Crippen molar-refractivity contribution in [3.63, 3.8) is 0 Å². The molecule has 0 unspecified atom stereocenters. The van der Waals surface area contributed by atoms with Crippen molar-refractivity contribution in [1.29, 1.82) is 0 Å². The fourth-order valence-electron chi connectivity index (χ4n) is 2.88. The van der Waals surface area contributed by atoms with Crippen LogP contribution in [0, 0.1) is 6.92 Å². The summed E-state index contributed by atoms with van der Waals surface area (Å²) >= 11 is 0. The highest BCUT2D eigenvalue weighted by atomic mass is 16.5. The lowest BCUT2D eigenvalue weighted by Gasteiger charge is -2.19. The minimum Gasteiger partial charge on any atom is -0.360 e. The molecule has 0 aromatic carbocycles. The number of rotatable bonds is 4. The highest BCUT2D eigenvalue weighted by Gasteiger charge is 2.34. The summed E-state index contributed by atoms with van der Waals surface area (Å²) in [7, 11) is 0. The fourth-order valence-corrected chi connectivity index (χ4v) is 2.88. The molecule has 6 heteroatoms. The largest absolute Gasteiger partial charge is 0.360 e. The Morgan fingerprint density at radius 1 is 1.25 bits per heavy atom. The Balaban J connectivity index is 1.50. The molecule has 0 N–H and O–H groups in total. The van der Waals surface area contributed by atoms with Crippen molar-refractivity contribution in [2.45, 2.75) is 51.1 Å². The molecule has 1 atom stereocenters. The predicted molar refractivity (Wildman–Crippen MR) is 69.9 cm³/mol. The van der Waals surface area contributed by atoms with Crippen molar-refractivity contribution in [2.75, 3.05) is 6.54 Å². The number of aromatic nitrogens is 3. The first-order valence-corrected chi connectivity index (χ1v) is 7.29. The van der Waals surface area contributed by atoms with E-state index in [0.717, 1.165) is 49.1 Å². The first-order chi connectivity index (χ1) is 9.79. The first kappa shape index (κ1) is 12.1. The normalized spacial score (nSPS) is 23.6. The van der Waals surface area contributed by atoms with Crippen molar-refractivity contribution in [2.24, 2.45) is 0 Å². The average molecular weight is 274 g/mol. The van der Waals surface area contributed by atoms with E-state index in [1.54, 1.807) is 0 Å². The van der Waals surface area contributed by atoms with Gasteiger partial charge in [-0.05, 0) is 39.2 Å². The molecule has 20 heavy (non-hydrogen) atoms. The van der Waals surface area contributed by atoms with E-state index in [4.69, 9.17) is 9.05 Å². The van der Waals surface area contributed by atoms with Crippen molar-refractivity contribution in [3.8, 4) is 0 Å². The second kappa shape index (κ2) is 4.70. The molecule has 3 heterocycles. The van der Waals surface area contributed by atoms with Crippen molar-refractivity contribution in [1.82, 2.24) is 20.2 Å². The van der Waals surface area contributed by atoms with Crippen LogP contribution in [0.15, 0.2) is 15.1 Å². The van der Waals surface area contributed by atoms with Gasteiger partial charge < -0.3 is 9.05 Å². The van der Waals surface area contributed by atoms with Crippen LogP contribution in [0.4, 0.5) is 0 Å². The zero-order valence-electron chi connectivity index (χ0n) is 11.6. The van der Waals surface area contributed by atoms with Crippen LogP contribution in [0.2, 0.25) is 0 Å². The van der Waals surface area contributed by atoms with Gasteiger partial charge in [-0.2, -0.15) is 4.98 Å². The van der Waals surface area contributed by atoms with Crippen LogP contribution in [0.1, 0.15) is 60.8 Å². The lowest BCUT2D eigenvalue weighted by atomic mass is 10.2. The van der Waals surface area contributed by atoms with E-state index in [1.165, 1.54) is 12.8 Å². The van der Waals surface area contributed by atoms with Gasteiger partial charge in [-0.3, -0.25) is 4.90 Å². The van der Waals surface area contributed by atoms with Gasteiger partial charge in [-0.25, -0.2) is 0 Å². The summed E-state index contributed by atoms with van der Waals surface area (Å²) < 4.78 is 10.7. The molecule has 1 aliphatic carbocycles. The number of aryl methyl sites for hydroxylation is 1. The smallest absolute Gasteiger partial charge is 0.229 e. The summed E-state index contributed by atoms with van der Waals surface area (Å²) in [5.74, 6) is 3.08. The lowest BCUT2D eigenvalue weighted by molar-refractivity contribution is 0.206. The molecule has 0 bridgehead atoms. The topological polar surface area (TPSA) is 68.2 Å². The molecule has 2 aromatic rings. The quantitative estimate of drug-likeness (QED) is 0.853. The van der Waals surface area contributed by atoms with Crippen LogP contribution >= 0.6 is 0 Å². The third-order valence-electron chi connectivity index (χ3n) is 4.08. The average Bonchev–Trinajstić information content (AvgIpc) is 2.87. The van der Waals surface area contributed by atoms with Crippen LogP contribution in [0.25, 0.3) is 0 Å². The van der Waals surface area contributed by atoms with Gasteiger partial charge >= 0.3 is 0 Å². The Labute approximate surface area is 117 Å². The zero-order valence-corrected chi connectivity index (χ0v) is 11.6. The lowest BCUT2D eigenvalue weighted by Crippen LogP contribution is -2.23. The Morgan fingerprint density at radius 3 is 2.90 bits per heavy atom. The predicted octanol–water partition coefficient (Wildman–Crippen LogP) is 2.58. The number of likely N-dealkylation sites (tertiary alicyclic amines) is 1. The van der Waals surface area contributed by atoms with Crippen LogP contribution < -0.4 is 0 Å². The minimum absolute atomic E-state index is 0.247. The van der Waals surface area contributed by atoms with E-state index in [-0.39, 0.29) is 6.04 Å². The summed E-state index contributed by atoms with van der Waals surface area (Å²) in [4.78, 5) is 6.93. The fraction of sp³-hybridized carbons (Fsp3) is 0.643. The molecule has 1 saturated heterocycles. The maximum absolute atomic E-state index is 5.38. The first-order valence-electron chi connectivity index (χ1n) is 7.29. The van der Waals surface area contributed by atoms with Crippen LogP contribution in [-0.4, -0.2) is 26.7 Å². The van der Waals surface area contributed by atoms with Crippen LogP contribution in [-0.2, 0) is 6.54 Å². The second-order valence-electron chi connectivity index (χ2n) is 5.83. The molecule has 4 rings (SSSR count). The van der Waals surface area contributed by atoms with Gasteiger partial charge in [-0.15, -0.1) is 0 Å². The second-order valence-corrected chi connectivity index (χ2v) is 5.83. The van der Waals surface area contributed by atoms with Gasteiger partial charge in [0.2, 0.25) is 5.89 Å². The number of hydrogen-bond donors (Lipinski definition) is 0. The van der Waals surface area contributed by atoms with Crippen molar-refractivity contribution in [3.05, 3.63) is 29.2 Å². The van der Waals surface area contributed by atoms with Crippen molar-refractivity contribution >= 4 is 0 Å². The summed E-state index contributed by atoms with van der Waals surface area (Å²) in [6, 6.07) is 2.23. The summed E-state index contributed by atoms with van der Waals surface area (Å²) in [6.45, 7) is 3.74. The third kappa shape index (κ3) is 2.24. The monoisotopic (exact) mass is 274 g/mol. The standard InChI is InChI=1S/C14H18N4O2/c1-9-7-11(19-16-9)8-18-6-2-3-12(18)13-15-14(20-17-13)10-4-5-10/h7,10,12H,2-6,8H2,1H3/t12-/m0/s1. The maximum atomic E-state index is 5.38. The van der Waals surface area contributed by atoms with Gasteiger partial charge in [-0.1, -0.05) is 10.3 Å². The molecular formula is C14H18N4O2. The zero-order chi connectivity index (χ0) is 13.5. The van der Waals surface area contributed by atoms with Crippen molar-refractivity contribution < 1.29 is 9.05 Å². The van der Waals surface area contributed by atoms with Crippen LogP contribution in [0.5, 0.6) is 0 Å². The Bertz CT molecular complexity index is 602. The minimum atomic E-state index is 0.247. The molecule has 2 aromatic heterocycles. The molecule has 2 aliphatic rings. The van der Waals surface area contributed by atoms with E-state index in [0.29, 0.717) is 5.92 Å². The van der Waals surface area contributed by atoms with Gasteiger partial charge in [0, 0.05) is 12.0 Å². The molecule has 2 fully saturated rings. The summed E-state index contributed by atoms with van der Waals surface area (Å²) in [6.07, 6.45) is 4.61. The maximum Gasteiger partial charge on any atom is 0.229 e. The van der Waals surface area contributed by atoms with Gasteiger partial charge in [0.1, 0.15) is 0 Å². The highest BCUT2D eigenvalue weighted by Crippen LogP contribution is 2.40. The molecule has 0 spiro atoms. The van der Waals surface area contributed by atoms with Gasteiger partial charge in [0.25, 0.3) is 0 Å². The molecule has 1 saturated carbocycles. The summed E-state index contributed by atoms with van der Waals surface area (Å²) in [5.41, 5.74) is 0.923. The highest BCUT2D eigenvalue weighted by molar-refractivity contribution is 5.07. The van der Waals surface area contributed by atoms with E-state index < -0.39 is 0 Å². The Morgan fingerprint density at radius 2 is 2.15 bits per heavy atom. The molecule has 0 amide bonds. The molecular weight excluding hydrogens is 256 g/mol. The van der Waals surface area contributed by atoms with E-state index in [9.17, 15) is 0 Å².